The summed E-state index contributed by atoms with van der Waals surface area (Å²) in [5.74, 6) is 0.553. The summed E-state index contributed by atoms with van der Waals surface area (Å²) in [6.07, 6.45) is 4.28. The molecule has 1 aromatic heterocycles. The molecule has 8 heteroatoms. The van der Waals surface area contributed by atoms with Gasteiger partial charge in [0.15, 0.2) is 5.96 Å². The van der Waals surface area contributed by atoms with E-state index in [4.69, 9.17) is 5.73 Å². The zero-order valence-corrected chi connectivity index (χ0v) is 20.0. The number of rotatable bonds is 4. The van der Waals surface area contributed by atoms with Crippen molar-refractivity contribution in [3.05, 3.63) is 47.8 Å². The molecule has 1 aliphatic heterocycles. The number of nitrogens with one attached hydrogen (secondary N) is 1. The van der Waals surface area contributed by atoms with Crippen LogP contribution in [-0.4, -0.2) is 38.6 Å². The molecule has 3 rings (SSSR count). The summed E-state index contributed by atoms with van der Waals surface area (Å²) in [6, 6.07) is 7.91. The van der Waals surface area contributed by atoms with Crippen molar-refractivity contribution in [2.45, 2.75) is 45.7 Å². The number of aryl methyl sites for hydroxylation is 2. The number of nitrogens with two attached hydrogens (primary N) is 1. The van der Waals surface area contributed by atoms with Gasteiger partial charge in [0.1, 0.15) is 0 Å². The van der Waals surface area contributed by atoms with Gasteiger partial charge in [-0.2, -0.15) is 5.10 Å². The molecule has 2 heterocycles. The molecule has 29 heavy (non-hydrogen) atoms. The Morgan fingerprint density at radius 3 is 2.69 bits per heavy atom. The van der Waals surface area contributed by atoms with E-state index in [1.165, 1.54) is 0 Å². The first-order chi connectivity index (χ1) is 13.1. The SMILES string of the molecule is Cc1cccc(NC(N)=NC[C@@H]2CC(=O)N(C(C)(C)C)[C@H]2c2cnn(C)c2)c1.I. The largest absolute Gasteiger partial charge is 0.370 e. The van der Waals surface area contributed by atoms with Crippen molar-refractivity contribution in [1.82, 2.24) is 14.7 Å². The summed E-state index contributed by atoms with van der Waals surface area (Å²) in [5.41, 5.74) is 8.92. The molecule has 1 aliphatic rings. The average molecular weight is 510 g/mol. The molecular formula is C21H31IN6O. The quantitative estimate of drug-likeness (QED) is 0.375. The Labute approximate surface area is 189 Å². The number of halogens is 1. The fourth-order valence-electron chi connectivity index (χ4n) is 3.90. The van der Waals surface area contributed by atoms with Gasteiger partial charge in [0.25, 0.3) is 0 Å². The fraction of sp³-hybridized carbons (Fsp3) is 0.476. The lowest BCUT2D eigenvalue weighted by molar-refractivity contribution is -0.133. The molecule has 7 nitrogen and oxygen atoms in total. The van der Waals surface area contributed by atoms with E-state index in [1.807, 2.05) is 55.5 Å². The van der Waals surface area contributed by atoms with Crippen molar-refractivity contribution in [2.75, 3.05) is 11.9 Å². The van der Waals surface area contributed by atoms with Gasteiger partial charge in [0, 0.05) is 48.9 Å². The topological polar surface area (TPSA) is 88.5 Å². The number of aliphatic imine (C=N–C) groups is 1. The average Bonchev–Trinajstić information content (AvgIpc) is 3.15. The Kier molecular flexibility index (Phi) is 7.31. The molecule has 1 saturated heterocycles. The molecule has 0 aliphatic carbocycles. The highest BCUT2D eigenvalue weighted by Gasteiger charge is 2.45. The standard InChI is InChI=1S/C21H30N6O.HI/c1-14-7-6-8-17(9-14)25-20(22)23-11-15-10-18(28)27(21(2,3)4)19(15)16-12-24-26(5)13-16;/h6-9,12-13,15,19H,10-11H2,1-5H3,(H3,22,23,25);1H/t15-,19+;/m0./s1. The van der Waals surface area contributed by atoms with Crippen molar-refractivity contribution < 1.29 is 4.79 Å². The molecule has 0 radical (unpaired) electrons. The van der Waals surface area contributed by atoms with E-state index in [0.29, 0.717) is 18.9 Å². The zero-order valence-electron chi connectivity index (χ0n) is 17.7. The van der Waals surface area contributed by atoms with E-state index >= 15 is 0 Å². The lowest BCUT2D eigenvalue weighted by Crippen LogP contribution is -2.44. The number of guanidine groups is 1. The van der Waals surface area contributed by atoms with Gasteiger partial charge >= 0.3 is 0 Å². The molecule has 3 N–H and O–H groups in total. The third-order valence-corrected chi connectivity index (χ3v) is 5.01. The first-order valence-electron chi connectivity index (χ1n) is 9.59. The Morgan fingerprint density at radius 2 is 2.10 bits per heavy atom. The maximum absolute atomic E-state index is 12.8. The van der Waals surface area contributed by atoms with Gasteiger partial charge in [-0.1, -0.05) is 12.1 Å². The van der Waals surface area contributed by atoms with E-state index in [1.54, 1.807) is 4.68 Å². The van der Waals surface area contributed by atoms with Crippen molar-refractivity contribution in [1.29, 1.82) is 0 Å². The van der Waals surface area contributed by atoms with E-state index < -0.39 is 0 Å². The molecule has 1 amide bonds. The minimum Gasteiger partial charge on any atom is -0.370 e. The van der Waals surface area contributed by atoms with E-state index in [0.717, 1.165) is 16.8 Å². The van der Waals surface area contributed by atoms with Gasteiger partial charge in [0.2, 0.25) is 5.91 Å². The highest BCUT2D eigenvalue weighted by atomic mass is 127. The zero-order chi connectivity index (χ0) is 20.5. The Balaban J connectivity index is 0.00000300. The monoisotopic (exact) mass is 510 g/mol. The highest BCUT2D eigenvalue weighted by molar-refractivity contribution is 14.0. The second kappa shape index (κ2) is 9.15. The second-order valence-electron chi connectivity index (χ2n) is 8.51. The molecule has 158 valence electrons. The van der Waals surface area contributed by atoms with Crippen molar-refractivity contribution in [3.8, 4) is 0 Å². The lowest BCUT2D eigenvalue weighted by Gasteiger charge is -2.38. The molecule has 2 aromatic rings. The van der Waals surface area contributed by atoms with Gasteiger partial charge in [-0.05, 0) is 45.4 Å². The van der Waals surface area contributed by atoms with Crippen LogP contribution in [0.15, 0.2) is 41.7 Å². The number of carbonyl (C=O) groups is 1. The van der Waals surface area contributed by atoms with Gasteiger partial charge in [0.05, 0.1) is 12.2 Å². The third-order valence-electron chi connectivity index (χ3n) is 5.01. The summed E-state index contributed by atoms with van der Waals surface area (Å²) in [5, 5.41) is 7.43. The minimum atomic E-state index is -0.276. The predicted molar refractivity (Wildman–Crippen MR) is 127 cm³/mol. The summed E-state index contributed by atoms with van der Waals surface area (Å²) < 4.78 is 1.77. The third kappa shape index (κ3) is 5.49. The highest BCUT2D eigenvalue weighted by Crippen LogP contribution is 2.42. The van der Waals surface area contributed by atoms with Crippen LogP contribution in [0.1, 0.15) is 44.4 Å². The smallest absolute Gasteiger partial charge is 0.223 e. The van der Waals surface area contributed by atoms with Crippen LogP contribution in [0.3, 0.4) is 0 Å². The molecule has 0 bridgehead atoms. The van der Waals surface area contributed by atoms with Crippen molar-refractivity contribution in [3.63, 3.8) is 0 Å². The van der Waals surface area contributed by atoms with Crippen LogP contribution in [0.4, 0.5) is 5.69 Å². The van der Waals surface area contributed by atoms with Gasteiger partial charge < -0.3 is 16.0 Å². The van der Waals surface area contributed by atoms with Crippen LogP contribution in [0.2, 0.25) is 0 Å². The fourth-order valence-corrected chi connectivity index (χ4v) is 3.90. The molecular weight excluding hydrogens is 479 g/mol. The number of carbonyl (C=O) groups excluding carboxylic acids is 1. The number of aromatic nitrogens is 2. The van der Waals surface area contributed by atoms with Gasteiger partial charge in [-0.15, -0.1) is 24.0 Å². The molecule has 0 unspecified atom stereocenters. The minimum absolute atomic E-state index is 0. The predicted octanol–water partition coefficient (Wildman–Crippen LogP) is 3.46. The number of likely N-dealkylation sites (tertiary alicyclic amines) is 1. The molecule has 1 aromatic carbocycles. The van der Waals surface area contributed by atoms with Crippen molar-refractivity contribution in [2.24, 2.45) is 23.7 Å². The number of nitrogens with zero attached hydrogens (tertiary/aromatic N) is 4. The molecule has 0 saturated carbocycles. The van der Waals surface area contributed by atoms with Crippen LogP contribution in [-0.2, 0) is 11.8 Å². The van der Waals surface area contributed by atoms with Crippen LogP contribution < -0.4 is 11.1 Å². The molecule has 1 fully saturated rings. The normalized spacial score (nSPS) is 20.0. The lowest BCUT2D eigenvalue weighted by atomic mass is 9.93. The number of amides is 1. The number of benzene rings is 1. The van der Waals surface area contributed by atoms with Crippen LogP contribution in [0.25, 0.3) is 0 Å². The van der Waals surface area contributed by atoms with Crippen LogP contribution in [0, 0.1) is 12.8 Å². The van der Waals surface area contributed by atoms with Crippen LogP contribution >= 0.6 is 24.0 Å². The Morgan fingerprint density at radius 1 is 1.38 bits per heavy atom. The maximum atomic E-state index is 12.8. The first kappa shape index (κ1) is 23.2. The van der Waals surface area contributed by atoms with E-state index in [9.17, 15) is 4.79 Å². The second-order valence-corrected chi connectivity index (χ2v) is 8.51. The summed E-state index contributed by atoms with van der Waals surface area (Å²) in [4.78, 5) is 19.3. The first-order valence-corrected chi connectivity index (χ1v) is 9.59. The summed E-state index contributed by atoms with van der Waals surface area (Å²) >= 11 is 0. The molecule has 2 atom stereocenters. The number of hydrogen-bond donors (Lipinski definition) is 2. The number of hydrogen-bond acceptors (Lipinski definition) is 3. The Bertz CT molecular complexity index is 885. The number of anilines is 1. The van der Waals surface area contributed by atoms with Gasteiger partial charge in [-0.25, -0.2) is 0 Å². The summed E-state index contributed by atoms with van der Waals surface area (Å²) in [6.45, 7) is 8.69. The molecule has 0 spiro atoms. The van der Waals surface area contributed by atoms with Crippen LogP contribution in [0.5, 0.6) is 0 Å². The van der Waals surface area contributed by atoms with E-state index in [2.05, 4.69) is 36.2 Å². The van der Waals surface area contributed by atoms with E-state index in [-0.39, 0.29) is 47.4 Å². The Hall–Kier alpha value is -2.10. The van der Waals surface area contributed by atoms with Crippen molar-refractivity contribution >= 4 is 41.5 Å². The summed E-state index contributed by atoms with van der Waals surface area (Å²) in [7, 11) is 1.89. The van der Waals surface area contributed by atoms with Gasteiger partial charge in [-0.3, -0.25) is 14.5 Å². The maximum Gasteiger partial charge on any atom is 0.223 e.